The SMILES string of the molecule is C[C@H](Nc1nccc(N(C2CC2)S(C)(=O)=O)n1)C1CC2CC(Cl)CCC2NC1=O. The summed E-state index contributed by atoms with van der Waals surface area (Å²) >= 11 is 6.34. The lowest BCUT2D eigenvalue weighted by Crippen LogP contribution is -2.55. The molecule has 1 amide bonds. The molecule has 3 aliphatic rings. The lowest BCUT2D eigenvalue weighted by atomic mass is 9.74. The number of alkyl halides is 1. The summed E-state index contributed by atoms with van der Waals surface area (Å²) in [7, 11) is -3.41. The minimum Gasteiger partial charge on any atom is -0.353 e. The van der Waals surface area contributed by atoms with Gasteiger partial charge in [0.15, 0.2) is 0 Å². The predicted octanol–water partition coefficient (Wildman–Crippen LogP) is 2.12. The molecule has 0 bridgehead atoms. The largest absolute Gasteiger partial charge is 0.353 e. The molecule has 3 fully saturated rings. The third-order valence-corrected chi connectivity index (χ3v) is 7.80. The van der Waals surface area contributed by atoms with Crippen molar-refractivity contribution in [1.82, 2.24) is 15.3 Å². The first-order valence-electron chi connectivity index (χ1n) is 10.3. The Kier molecular flexibility index (Phi) is 5.63. The van der Waals surface area contributed by atoms with E-state index in [0.717, 1.165) is 38.5 Å². The van der Waals surface area contributed by atoms with Crippen LogP contribution in [0.1, 0.15) is 45.4 Å². The van der Waals surface area contributed by atoms with Gasteiger partial charge in [-0.25, -0.2) is 13.4 Å². The number of hydrogen-bond donors (Lipinski definition) is 2. The second-order valence-electron chi connectivity index (χ2n) is 8.59. The van der Waals surface area contributed by atoms with E-state index >= 15 is 0 Å². The van der Waals surface area contributed by atoms with E-state index in [4.69, 9.17) is 11.6 Å². The minimum atomic E-state index is -3.41. The summed E-state index contributed by atoms with van der Waals surface area (Å²) < 4.78 is 25.7. The van der Waals surface area contributed by atoms with E-state index in [-0.39, 0.29) is 35.3 Å². The first-order valence-corrected chi connectivity index (χ1v) is 12.5. The van der Waals surface area contributed by atoms with Crippen LogP contribution < -0.4 is 14.9 Å². The number of anilines is 2. The Morgan fingerprint density at radius 2 is 2.03 bits per heavy atom. The van der Waals surface area contributed by atoms with Crippen LogP contribution in [0.2, 0.25) is 0 Å². The van der Waals surface area contributed by atoms with Gasteiger partial charge < -0.3 is 10.6 Å². The van der Waals surface area contributed by atoms with Gasteiger partial charge in [0, 0.05) is 35.8 Å². The van der Waals surface area contributed by atoms with Gasteiger partial charge in [0.25, 0.3) is 0 Å². The van der Waals surface area contributed by atoms with Crippen LogP contribution >= 0.6 is 11.6 Å². The van der Waals surface area contributed by atoms with Gasteiger partial charge in [-0.05, 0) is 51.4 Å². The highest BCUT2D eigenvalue weighted by atomic mass is 35.5. The molecule has 2 N–H and O–H groups in total. The Bertz CT molecular complexity index is 878. The predicted molar refractivity (Wildman–Crippen MR) is 112 cm³/mol. The standard InChI is InChI=1S/C19H28ClN5O3S/c1-11(15-10-12-9-13(20)3-6-16(12)23-18(15)26)22-19-21-8-7-17(24-19)25(14-4-5-14)29(2,27)28/h7-8,11-16H,3-6,9-10H2,1-2H3,(H,23,26)(H,21,22,24)/t11-,12?,13?,15?,16?/m0/s1. The molecule has 2 aliphatic carbocycles. The second-order valence-corrected chi connectivity index (χ2v) is 11.1. The fourth-order valence-corrected chi connectivity index (χ4v) is 6.14. The Hall–Kier alpha value is -1.61. The average molecular weight is 442 g/mol. The molecule has 5 atom stereocenters. The van der Waals surface area contributed by atoms with Crippen LogP contribution in [0.25, 0.3) is 0 Å². The van der Waals surface area contributed by atoms with Crippen LogP contribution in [-0.2, 0) is 14.8 Å². The molecule has 1 aliphatic heterocycles. The Balaban J connectivity index is 1.47. The van der Waals surface area contributed by atoms with Crippen molar-refractivity contribution in [2.24, 2.45) is 11.8 Å². The summed E-state index contributed by atoms with van der Waals surface area (Å²) in [5.41, 5.74) is 0. The number of nitrogens with zero attached hydrogens (tertiary/aromatic N) is 3. The molecule has 160 valence electrons. The van der Waals surface area contributed by atoms with Crippen molar-refractivity contribution in [1.29, 1.82) is 0 Å². The third kappa shape index (κ3) is 4.60. The Labute approximate surface area is 176 Å². The number of fused-ring (bicyclic) bond motifs is 1. The Morgan fingerprint density at radius 3 is 2.72 bits per heavy atom. The summed E-state index contributed by atoms with van der Waals surface area (Å²) in [6.45, 7) is 1.94. The van der Waals surface area contributed by atoms with E-state index in [1.54, 1.807) is 12.3 Å². The third-order valence-electron chi connectivity index (χ3n) is 6.20. The molecule has 1 aromatic rings. The number of amides is 1. The number of piperidine rings is 1. The first-order chi connectivity index (χ1) is 13.7. The zero-order chi connectivity index (χ0) is 20.8. The zero-order valence-corrected chi connectivity index (χ0v) is 18.3. The van der Waals surface area contributed by atoms with Crippen molar-refractivity contribution in [3.8, 4) is 0 Å². The van der Waals surface area contributed by atoms with Crippen molar-refractivity contribution < 1.29 is 13.2 Å². The molecule has 29 heavy (non-hydrogen) atoms. The molecule has 1 aromatic heterocycles. The number of aromatic nitrogens is 2. The van der Waals surface area contributed by atoms with Crippen molar-refractivity contribution in [2.45, 2.75) is 69.0 Å². The number of carbonyl (C=O) groups is 1. The number of hydrogen-bond acceptors (Lipinski definition) is 6. The van der Waals surface area contributed by atoms with Gasteiger partial charge in [0.2, 0.25) is 21.9 Å². The van der Waals surface area contributed by atoms with E-state index in [9.17, 15) is 13.2 Å². The number of nitrogens with one attached hydrogen (secondary N) is 2. The molecule has 1 saturated heterocycles. The lowest BCUT2D eigenvalue weighted by Gasteiger charge is -2.42. The quantitative estimate of drug-likeness (QED) is 0.655. The van der Waals surface area contributed by atoms with Crippen LogP contribution in [0.3, 0.4) is 0 Å². The summed E-state index contributed by atoms with van der Waals surface area (Å²) in [6.07, 6.45) is 8.00. The first kappa shape index (κ1) is 20.7. The van der Waals surface area contributed by atoms with Gasteiger partial charge in [-0.2, -0.15) is 4.98 Å². The summed E-state index contributed by atoms with van der Waals surface area (Å²) in [4.78, 5) is 21.3. The molecule has 4 unspecified atom stereocenters. The topological polar surface area (TPSA) is 104 Å². The number of halogens is 1. The normalized spacial score (nSPS) is 30.8. The molecular weight excluding hydrogens is 414 g/mol. The van der Waals surface area contributed by atoms with E-state index in [1.165, 1.54) is 10.6 Å². The highest BCUT2D eigenvalue weighted by Crippen LogP contribution is 2.37. The van der Waals surface area contributed by atoms with Gasteiger partial charge in [0.05, 0.1) is 12.2 Å². The fourth-order valence-electron chi connectivity index (χ4n) is 4.59. The van der Waals surface area contributed by atoms with Crippen LogP contribution in [0.15, 0.2) is 12.3 Å². The lowest BCUT2D eigenvalue weighted by molar-refractivity contribution is -0.130. The number of rotatable bonds is 6. The molecule has 10 heteroatoms. The summed E-state index contributed by atoms with van der Waals surface area (Å²) in [6, 6.07) is 1.62. The van der Waals surface area contributed by atoms with Gasteiger partial charge in [-0.3, -0.25) is 9.10 Å². The monoisotopic (exact) mass is 441 g/mol. The molecule has 0 aromatic carbocycles. The van der Waals surface area contributed by atoms with Crippen molar-refractivity contribution in [3.05, 3.63) is 12.3 Å². The van der Waals surface area contributed by atoms with Crippen LogP contribution in [0, 0.1) is 11.8 Å². The summed E-state index contributed by atoms with van der Waals surface area (Å²) in [5, 5.41) is 6.56. The molecule has 0 spiro atoms. The maximum atomic E-state index is 12.7. The van der Waals surface area contributed by atoms with Crippen LogP contribution in [-0.4, -0.2) is 54.1 Å². The zero-order valence-electron chi connectivity index (χ0n) is 16.7. The molecule has 8 nitrogen and oxygen atoms in total. The van der Waals surface area contributed by atoms with Gasteiger partial charge in [-0.15, -0.1) is 11.6 Å². The smallest absolute Gasteiger partial charge is 0.233 e. The van der Waals surface area contributed by atoms with Crippen molar-refractivity contribution in [2.75, 3.05) is 15.9 Å². The Morgan fingerprint density at radius 1 is 1.28 bits per heavy atom. The number of carbonyl (C=O) groups excluding carboxylic acids is 1. The van der Waals surface area contributed by atoms with E-state index in [1.807, 2.05) is 6.92 Å². The molecule has 2 heterocycles. The maximum absolute atomic E-state index is 12.7. The van der Waals surface area contributed by atoms with Crippen molar-refractivity contribution >= 4 is 39.3 Å². The second kappa shape index (κ2) is 7.91. The molecule has 0 radical (unpaired) electrons. The van der Waals surface area contributed by atoms with Gasteiger partial charge >= 0.3 is 0 Å². The highest BCUT2D eigenvalue weighted by Gasteiger charge is 2.41. The van der Waals surface area contributed by atoms with E-state index in [2.05, 4.69) is 20.6 Å². The van der Waals surface area contributed by atoms with Crippen LogP contribution in [0.4, 0.5) is 11.8 Å². The van der Waals surface area contributed by atoms with Gasteiger partial charge in [0.1, 0.15) is 5.82 Å². The van der Waals surface area contributed by atoms with Gasteiger partial charge in [-0.1, -0.05) is 0 Å². The molecule has 4 rings (SSSR count). The van der Waals surface area contributed by atoms with Crippen molar-refractivity contribution in [3.63, 3.8) is 0 Å². The van der Waals surface area contributed by atoms with Crippen LogP contribution in [0.5, 0.6) is 0 Å². The minimum absolute atomic E-state index is 0.0268. The highest BCUT2D eigenvalue weighted by molar-refractivity contribution is 7.92. The molecule has 2 saturated carbocycles. The molecular formula is C19H28ClN5O3S. The average Bonchev–Trinajstić information content (AvgIpc) is 3.45. The summed E-state index contributed by atoms with van der Waals surface area (Å²) in [5.74, 6) is 0.926. The maximum Gasteiger partial charge on any atom is 0.233 e. The van der Waals surface area contributed by atoms with E-state index in [0.29, 0.717) is 17.7 Å². The fraction of sp³-hybridized carbons (Fsp3) is 0.737. The number of sulfonamides is 1. The van der Waals surface area contributed by atoms with E-state index < -0.39 is 10.0 Å².